The number of aromatic nitrogens is 2. The predicted octanol–water partition coefficient (Wildman–Crippen LogP) is 3.02. The van der Waals surface area contributed by atoms with Crippen LogP contribution in [0.25, 0.3) is 11.5 Å². The van der Waals surface area contributed by atoms with Crippen LogP contribution in [0, 0.1) is 11.3 Å². The van der Waals surface area contributed by atoms with Crippen LogP contribution in [0.5, 0.6) is 0 Å². The molecule has 0 amide bonds. The maximum Gasteiger partial charge on any atom is 0.258 e. The Morgan fingerprint density at radius 1 is 1.35 bits per heavy atom. The molecule has 2 aromatic rings. The van der Waals surface area contributed by atoms with Crippen molar-refractivity contribution in [2.75, 3.05) is 7.11 Å². The van der Waals surface area contributed by atoms with Crippen LogP contribution in [-0.4, -0.2) is 17.3 Å². The van der Waals surface area contributed by atoms with Crippen LogP contribution < -0.4 is 0 Å². The molecule has 1 fully saturated rings. The molecule has 0 atom stereocenters. The molecule has 1 aromatic carbocycles. The van der Waals surface area contributed by atoms with Crippen molar-refractivity contribution in [1.82, 2.24) is 10.1 Å². The molecule has 1 aliphatic rings. The van der Waals surface area contributed by atoms with Crippen molar-refractivity contribution in [3.63, 3.8) is 0 Å². The highest BCUT2D eigenvalue weighted by atomic mass is 16.5. The zero-order valence-electron chi connectivity index (χ0n) is 11.3. The Morgan fingerprint density at radius 2 is 2.15 bits per heavy atom. The summed E-state index contributed by atoms with van der Waals surface area (Å²) >= 11 is 0. The van der Waals surface area contributed by atoms with Crippen LogP contribution >= 0.6 is 0 Å². The number of rotatable bonds is 3. The minimum atomic E-state index is -0.408. The van der Waals surface area contributed by atoms with Gasteiger partial charge < -0.3 is 9.26 Å². The molecule has 102 valence electrons. The second-order valence-corrected chi connectivity index (χ2v) is 5.02. The number of hydrogen-bond donors (Lipinski definition) is 0. The number of ether oxygens (including phenoxy) is 1. The van der Waals surface area contributed by atoms with Gasteiger partial charge in [-0.25, -0.2) is 0 Å². The van der Waals surface area contributed by atoms with Crippen molar-refractivity contribution in [2.24, 2.45) is 0 Å². The van der Waals surface area contributed by atoms with E-state index in [-0.39, 0.29) is 0 Å². The van der Waals surface area contributed by atoms with Gasteiger partial charge in [0.05, 0.1) is 11.6 Å². The van der Waals surface area contributed by atoms with Crippen molar-refractivity contribution >= 4 is 0 Å². The van der Waals surface area contributed by atoms with Gasteiger partial charge in [0, 0.05) is 12.7 Å². The fourth-order valence-corrected chi connectivity index (χ4v) is 2.71. The van der Waals surface area contributed by atoms with Crippen LogP contribution in [0.1, 0.15) is 37.1 Å². The summed E-state index contributed by atoms with van der Waals surface area (Å²) in [5.74, 6) is 1.04. The molecule has 0 bridgehead atoms. The van der Waals surface area contributed by atoms with E-state index in [0.717, 1.165) is 31.2 Å². The van der Waals surface area contributed by atoms with Crippen molar-refractivity contribution < 1.29 is 9.26 Å². The molecular weight excluding hydrogens is 254 g/mol. The standard InChI is InChI=1S/C15H15N3O2/c1-19-15(7-2-3-8-15)14-17-13(20-18-14)12-6-4-5-11(9-12)10-16/h4-6,9H,2-3,7-8H2,1H3. The quantitative estimate of drug-likeness (QED) is 0.856. The van der Waals surface area contributed by atoms with Crippen LogP contribution in [0.3, 0.4) is 0 Å². The highest BCUT2D eigenvalue weighted by molar-refractivity contribution is 5.56. The van der Waals surface area contributed by atoms with E-state index in [1.54, 1.807) is 25.3 Å². The first kappa shape index (κ1) is 12.8. The van der Waals surface area contributed by atoms with E-state index in [9.17, 15) is 0 Å². The van der Waals surface area contributed by atoms with Gasteiger partial charge >= 0.3 is 0 Å². The first-order chi connectivity index (χ1) is 9.77. The fraction of sp³-hybridized carbons (Fsp3) is 0.400. The first-order valence-corrected chi connectivity index (χ1v) is 6.67. The Hall–Kier alpha value is -2.19. The predicted molar refractivity (Wildman–Crippen MR) is 71.6 cm³/mol. The zero-order valence-corrected chi connectivity index (χ0v) is 11.3. The Morgan fingerprint density at radius 3 is 2.85 bits per heavy atom. The second-order valence-electron chi connectivity index (χ2n) is 5.02. The topological polar surface area (TPSA) is 71.9 Å². The van der Waals surface area contributed by atoms with E-state index in [4.69, 9.17) is 14.5 Å². The van der Waals surface area contributed by atoms with Crippen molar-refractivity contribution in [1.29, 1.82) is 5.26 Å². The number of methoxy groups -OCH3 is 1. The Balaban J connectivity index is 1.96. The fourth-order valence-electron chi connectivity index (χ4n) is 2.71. The van der Waals surface area contributed by atoms with Crippen molar-refractivity contribution in [3.8, 4) is 17.5 Å². The monoisotopic (exact) mass is 269 g/mol. The van der Waals surface area contributed by atoms with Gasteiger partial charge in [-0.1, -0.05) is 11.2 Å². The maximum atomic E-state index is 8.93. The summed E-state index contributed by atoms with van der Waals surface area (Å²) in [4.78, 5) is 4.47. The summed E-state index contributed by atoms with van der Waals surface area (Å²) in [7, 11) is 1.69. The maximum absolute atomic E-state index is 8.93. The number of benzene rings is 1. The third-order valence-corrected chi connectivity index (χ3v) is 3.87. The molecule has 0 saturated heterocycles. The van der Waals surface area contributed by atoms with E-state index in [1.807, 2.05) is 6.07 Å². The van der Waals surface area contributed by atoms with Gasteiger partial charge in [0.15, 0.2) is 0 Å². The van der Waals surface area contributed by atoms with E-state index in [1.165, 1.54) is 0 Å². The van der Waals surface area contributed by atoms with Crippen molar-refractivity contribution in [2.45, 2.75) is 31.3 Å². The van der Waals surface area contributed by atoms with Crippen LogP contribution in [0.15, 0.2) is 28.8 Å². The van der Waals surface area contributed by atoms with Gasteiger partial charge in [-0.2, -0.15) is 10.2 Å². The lowest BCUT2D eigenvalue weighted by Gasteiger charge is -2.22. The number of hydrogen-bond acceptors (Lipinski definition) is 5. The highest BCUT2D eigenvalue weighted by Crippen LogP contribution is 2.40. The Labute approximate surface area is 117 Å². The van der Waals surface area contributed by atoms with Gasteiger partial charge in [0.1, 0.15) is 5.60 Å². The molecule has 20 heavy (non-hydrogen) atoms. The number of nitriles is 1. The average Bonchev–Trinajstić information content (AvgIpc) is 3.17. The molecule has 5 heteroatoms. The summed E-state index contributed by atoms with van der Waals surface area (Å²) in [6.45, 7) is 0. The third kappa shape index (κ3) is 2.08. The lowest BCUT2D eigenvalue weighted by molar-refractivity contribution is -0.0178. The molecule has 1 heterocycles. The molecule has 5 nitrogen and oxygen atoms in total. The minimum absolute atomic E-state index is 0.408. The highest BCUT2D eigenvalue weighted by Gasteiger charge is 2.40. The summed E-state index contributed by atoms with van der Waals surface area (Å²) in [5, 5.41) is 13.0. The third-order valence-electron chi connectivity index (χ3n) is 3.87. The Bertz CT molecular complexity index is 651. The molecule has 0 radical (unpaired) electrons. The second kappa shape index (κ2) is 5.06. The molecule has 0 aliphatic heterocycles. The summed E-state index contributed by atoms with van der Waals surface area (Å²) in [6.07, 6.45) is 4.06. The summed E-state index contributed by atoms with van der Waals surface area (Å²) in [5.41, 5.74) is 0.922. The SMILES string of the molecule is COC1(c2noc(-c3cccc(C#N)c3)n2)CCCC1. The van der Waals surface area contributed by atoms with Gasteiger partial charge in [0.2, 0.25) is 5.82 Å². The Kier molecular flexibility index (Phi) is 3.25. The zero-order chi connectivity index (χ0) is 14.0. The lowest BCUT2D eigenvalue weighted by Crippen LogP contribution is -2.25. The van der Waals surface area contributed by atoms with E-state index in [0.29, 0.717) is 17.3 Å². The molecule has 0 spiro atoms. The lowest BCUT2D eigenvalue weighted by atomic mass is 10.0. The van der Waals surface area contributed by atoms with Gasteiger partial charge in [-0.3, -0.25) is 0 Å². The van der Waals surface area contributed by atoms with Gasteiger partial charge in [-0.05, 0) is 43.9 Å². The van der Waals surface area contributed by atoms with Crippen LogP contribution in [0.2, 0.25) is 0 Å². The normalized spacial score (nSPS) is 17.0. The average molecular weight is 269 g/mol. The van der Waals surface area contributed by atoms with Crippen LogP contribution in [0.4, 0.5) is 0 Å². The van der Waals surface area contributed by atoms with Crippen molar-refractivity contribution in [3.05, 3.63) is 35.7 Å². The molecular formula is C15H15N3O2. The number of nitrogens with zero attached hydrogens (tertiary/aromatic N) is 3. The summed E-state index contributed by atoms with van der Waals surface area (Å²) < 4.78 is 11.0. The van der Waals surface area contributed by atoms with E-state index in [2.05, 4.69) is 16.2 Å². The molecule has 0 unspecified atom stereocenters. The van der Waals surface area contributed by atoms with Crippen LogP contribution in [-0.2, 0) is 10.3 Å². The molecule has 0 N–H and O–H groups in total. The van der Waals surface area contributed by atoms with E-state index >= 15 is 0 Å². The summed E-state index contributed by atoms with van der Waals surface area (Å²) in [6, 6.07) is 9.25. The van der Waals surface area contributed by atoms with E-state index < -0.39 is 5.60 Å². The molecule has 1 aliphatic carbocycles. The largest absolute Gasteiger partial charge is 0.370 e. The van der Waals surface area contributed by atoms with Gasteiger partial charge in [-0.15, -0.1) is 0 Å². The smallest absolute Gasteiger partial charge is 0.258 e. The minimum Gasteiger partial charge on any atom is -0.370 e. The molecule has 1 aromatic heterocycles. The first-order valence-electron chi connectivity index (χ1n) is 6.67. The molecule has 1 saturated carbocycles. The molecule has 3 rings (SSSR count). The van der Waals surface area contributed by atoms with Gasteiger partial charge in [0.25, 0.3) is 5.89 Å².